The fraction of sp³-hybridized carbons (Fsp3) is 0.667. The van der Waals surface area contributed by atoms with Crippen LogP contribution in [0.3, 0.4) is 0 Å². The molecular formula is C18H28ClN5O2S. The molecule has 0 aliphatic carbocycles. The number of anilines is 1. The molecular weight excluding hydrogens is 386 g/mol. The Bertz CT molecular complexity index is 665. The minimum atomic E-state index is -0.0435. The van der Waals surface area contributed by atoms with E-state index in [-0.39, 0.29) is 23.6 Å². The molecule has 1 fully saturated rings. The highest BCUT2D eigenvalue weighted by atomic mass is 35.5. The van der Waals surface area contributed by atoms with E-state index in [4.69, 9.17) is 11.6 Å². The van der Waals surface area contributed by atoms with Crippen molar-refractivity contribution in [2.45, 2.75) is 45.3 Å². The molecule has 1 aromatic rings. The van der Waals surface area contributed by atoms with E-state index in [0.29, 0.717) is 48.8 Å². The van der Waals surface area contributed by atoms with E-state index in [0.717, 1.165) is 5.82 Å². The van der Waals surface area contributed by atoms with Gasteiger partial charge in [0.05, 0.1) is 5.75 Å². The number of thioether (sulfide) groups is 1. The van der Waals surface area contributed by atoms with Gasteiger partial charge in [0.2, 0.25) is 11.8 Å². The molecule has 2 heterocycles. The summed E-state index contributed by atoms with van der Waals surface area (Å²) in [5.74, 6) is 1.49. The Hall–Kier alpha value is -1.54. The number of aromatic nitrogens is 2. The molecule has 0 radical (unpaired) electrons. The predicted molar refractivity (Wildman–Crippen MR) is 109 cm³/mol. The van der Waals surface area contributed by atoms with Gasteiger partial charge in [-0.1, -0.05) is 44.1 Å². The van der Waals surface area contributed by atoms with Gasteiger partial charge in [-0.25, -0.2) is 9.97 Å². The summed E-state index contributed by atoms with van der Waals surface area (Å²) < 4.78 is 0. The van der Waals surface area contributed by atoms with Gasteiger partial charge in [0.25, 0.3) is 0 Å². The Balaban J connectivity index is 1.94. The number of rotatable bonds is 7. The number of nitrogens with zero attached hydrogens (tertiary/aromatic N) is 4. The van der Waals surface area contributed by atoms with Crippen molar-refractivity contribution in [2.24, 2.45) is 5.92 Å². The van der Waals surface area contributed by atoms with Crippen LogP contribution in [-0.4, -0.2) is 64.7 Å². The van der Waals surface area contributed by atoms with Crippen LogP contribution in [0.2, 0.25) is 5.15 Å². The zero-order chi connectivity index (χ0) is 20.0. The highest BCUT2D eigenvalue weighted by Crippen LogP contribution is 2.23. The zero-order valence-electron chi connectivity index (χ0n) is 16.4. The van der Waals surface area contributed by atoms with Crippen LogP contribution in [-0.2, 0) is 9.59 Å². The smallest absolute Gasteiger partial charge is 0.230 e. The van der Waals surface area contributed by atoms with Crippen LogP contribution >= 0.6 is 23.4 Å². The molecule has 1 aliphatic heterocycles. The van der Waals surface area contributed by atoms with Crippen LogP contribution in [0.1, 0.15) is 34.1 Å². The summed E-state index contributed by atoms with van der Waals surface area (Å²) in [6.07, 6.45) is 0.525. The minimum Gasteiger partial charge on any atom is -0.353 e. The number of piperazine rings is 1. The third-order valence-corrected chi connectivity index (χ3v) is 5.68. The SMILES string of the molecule is CCC(=O)N1CCN(c2cc(Cl)nc(SCC(=O)N[C@@H](C)C(C)C)n2)CC1. The first-order valence-electron chi connectivity index (χ1n) is 9.29. The predicted octanol–water partition coefficient (Wildman–Crippen LogP) is 2.44. The van der Waals surface area contributed by atoms with Gasteiger partial charge < -0.3 is 15.1 Å². The van der Waals surface area contributed by atoms with Crippen LogP contribution in [0.15, 0.2) is 11.2 Å². The monoisotopic (exact) mass is 413 g/mol. The topological polar surface area (TPSA) is 78.4 Å². The van der Waals surface area contributed by atoms with Crippen LogP contribution in [0.4, 0.5) is 5.82 Å². The molecule has 7 nitrogen and oxygen atoms in total. The number of halogens is 1. The number of hydrogen-bond acceptors (Lipinski definition) is 6. The lowest BCUT2D eigenvalue weighted by molar-refractivity contribution is -0.131. The van der Waals surface area contributed by atoms with Crippen LogP contribution in [0.5, 0.6) is 0 Å². The van der Waals surface area contributed by atoms with E-state index in [1.165, 1.54) is 11.8 Å². The van der Waals surface area contributed by atoms with Gasteiger partial charge in [-0.05, 0) is 12.8 Å². The summed E-state index contributed by atoms with van der Waals surface area (Å²) >= 11 is 7.43. The molecule has 0 unspecified atom stereocenters. The molecule has 0 saturated carbocycles. The highest BCUT2D eigenvalue weighted by molar-refractivity contribution is 7.99. The summed E-state index contributed by atoms with van der Waals surface area (Å²) in [5.41, 5.74) is 0. The van der Waals surface area contributed by atoms with Crippen LogP contribution in [0.25, 0.3) is 0 Å². The lowest BCUT2D eigenvalue weighted by Gasteiger charge is -2.35. The third kappa shape index (κ3) is 6.53. The third-order valence-electron chi connectivity index (χ3n) is 4.64. The maximum atomic E-state index is 12.1. The van der Waals surface area contributed by atoms with Gasteiger partial charge in [-0.2, -0.15) is 0 Å². The van der Waals surface area contributed by atoms with Gasteiger partial charge in [-0.15, -0.1) is 0 Å². The van der Waals surface area contributed by atoms with Crippen molar-refractivity contribution >= 4 is 41.0 Å². The molecule has 2 rings (SSSR count). The molecule has 1 atom stereocenters. The average molecular weight is 414 g/mol. The van der Waals surface area contributed by atoms with Gasteiger partial charge in [0.1, 0.15) is 11.0 Å². The Kier molecular flexibility index (Phi) is 8.16. The molecule has 0 spiro atoms. The number of hydrogen-bond donors (Lipinski definition) is 1. The Morgan fingerprint density at radius 1 is 1.22 bits per heavy atom. The fourth-order valence-electron chi connectivity index (χ4n) is 2.61. The molecule has 1 aliphatic rings. The summed E-state index contributed by atoms with van der Waals surface area (Å²) in [7, 11) is 0. The zero-order valence-corrected chi connectivity index (χ0v) is 17.9. The Labute approximate surface area is 170 Å². The van der Waals surface area contributed by atoms with Crippen molar-refractivity contribution < 1.29 is 9.59 Å². The molecule has 27 heavy (non-hydrogen) atoms. The molecule has 0 aromatic carbocycles. The van der Waals surface area contributed by atoms with Crippen molar-refractivity contribution in [1.82, 2.24) is 20.2 Å². The molecule has 1 N–H and O–H groups in total. The van der Waals surface area contributed by atoms with E-state index in [9.17, 15) is 9.59 Å². The van der Waals surface area contributed by atoms with E-state index in [2.05, 4.69) is 34.0 Å². The molecule has 1 aromatic heterocycles. The lowest BCUT2D eigenvalue weighted by atomic mass is 10.1. The number of amides is 2. The standard InChI is InChI=1S/C18H28ClN5O2S/c1-5-17(26)24-8-6-23(7-9-24)15-10-14(19)21-18(22-15)27-11-16(25)20-13(4)12(2)3/h10,12-13H,5-9,11H2,1-4H3,(H,20,25)/t13-/m0/s1. The second-order valence-corrected chi connectivity index (χ2v) is 8.27. The fourth-order valence-corrected chi connectivity index (χ4v) is 3.51. The van der Waals surface area contributed by atoms with Crippen molar-refractivity contribution in [2.75, 3.05) is 36.8 Å². The van der Waals surface area contributed by atoms with Gasteiger partial charge in [0.15, 0.2) is 5.16 Å². The van der Waals surface area contributed by atoms with Gasteiger partial charge in [0, 0.05) is 44.7 Å². The van der Waals surface area contributed by atoms with E-state index in [1.54, 1.807) is 6.07 Å². The summed E-state index contributed by atoms with van der Waals surface area (Å²) in [4.78, 5) is 36.6. The molecule has 1 saturated heterocycles. The number of nitrogens with one attached hydrogen (secondary N) is 1. The van der Waals surface area contributed by atoms with Crippen LogP contribution < -0.4 is 10.2 Å². The number of carbonyl (C=O) groups is 2. The first-order chi connectivity index (χ1) is 12.8. The summed E-state index contributed by atoms with van der Waals surface area (Å²) in [6, 6.07) is 1.85. The van der Waals surface area contributed by atoms with E-state index < -0.39 is 0 Å². The first kappa shape index (κ1) is 21.8. The van der Waals surface area contributed by atoms with Crippen molar-refractivity contribution in [3.8, 4) is 0 Å². The minimum absolute atomic E-state index is 0.0435. The average Bonchev–Trinajstić information content (AvgIpc) is 2.65. The molecule has 150 valence electrons. The van der Waals surface area contributed by atoms with Crippen molar-refractivity contribution in [3.63, 3.8) is 0 Å². The molecule has 2 amide bonds. The first-order valence-corrected chi connectivity index (χ1v) is 10.7. The summed E-state index contributed by atoms with van der Waals surface area (Å²) in [6.45, 7) is 10.8. The highest BCUT2D eigenvalue weighted by Gasteiger charge is 2.22. The van der Waals surface area contributed by atoms with E-state index >= 15 is 0 Å². The number of carbonyl (C=O) groups excluding carboxylic acids is 2. The van der Waals surface area contributed by atoms with Crippen molar-refractivity contribution in [3.05, 3.63) is 11.2 Å². The molecule has 9 heteroatoms. The lowest BCUT2D eigenvalue weighted by Crippen LogP contribution is -2.48. The Morgan fingerprint density at radius 3 is 2.48 bits per heavy atom. The Morgan fingerprint density at radius 2 is 1.89 bits per heavy atom. The second kappa shape index (κ2) is 10.1. The summed E-state index contributed by atoms with van der Waals surface area (Å²) in [5, 5.41) is 3.80. The van der Waals surface area contributed by atoms with Crippen LogP contribution in [0, 0.1) is 5.92 Å². The van der Waals surface area contributed by atoms with E-state index in [1.807, 2.05) is 18.7 Å². The molecule has 0 bridgehead atoms. The maximum absolute atomic E-state index is 12.1. The van der Waals surface area contributed by atoms with Gasteiger partial charge >= 0.3 is 0 Å². The normalized spacial score (nSPS) is 15.8. The largest absolute Gasteiger partial charge is 0.353 e. The van der Waals surface area contributed by atoms with Crippen molar-refractivity contribution in [1.29, 1.82) is 0 Å². The second-order valence-electron chi connectivity index (χ2n) is 6.94. The quantitative estimate of drug-likeness (QED) is 0.420. The van der Waals surface area contributed by atoms with Gasteiger partial charge in [-0.3, -0.25) is 9.59 Å². The maximum Gasteiger partial charge on any atom is 0.230 e.